The Balaban J connectivity index is 0.00000259. The molecule has 4 aliphatic rings. The minimum atomic E-state index is 0. The van der Waals surface area contributed by atoms with Crippen LogP contribution in [0.25, 0.3) is 0 Å². The summed E-state index contributed by atoms with van der Waals surface area (Å²) in [6.07, 6.45) is 10.7. The molecule has 0 aromatic heterocycles. The molecule has 8 heteroatoms. The van der Waals surface area contributed by atoms with Crippen LogP contribution in [-0.4, -0.2) is 77.5 Å². The van der Waals surface area contributed by atoms with Crippen molar-refractivity contribution >= 4 is 12.1 Å². The fraction of sp³-hybridized carbons (Fsp3) is 0.520. The Hall–Kier alpha value is -1.26. The zero-order valence-corrected chi connectivity index (χ0v) is 22.1. The molecule has 2 saturated heterocycles. The molecule has 2 fully saturated rings. The molecule has 1 N–H and O–H groups in total. The summed E-state index contributed by atoms with van der Waals surface area (Å²) in [5, 5.41) is 17.1. The number of benzene rings is 1. The number of aliphatic hydroxyl groups excluding tert-OH is 1. The van der Waals surface area contributed by atoms with Gasteiger partial charge in [0.15, 0.2) is 0 Å². The Labute approximate surface area is 229 Å². The van der Waals surface area contributed by atoms with Crippen molar-refractivity contribution in [1.82, 2.24) is 14.8 Å². The maximum absolute atomic E-state index is 11.1. The van der Waals surface area contributed by atoms with Crippen molar-refractivity contribution in [3.63, 3.8) is 0 Å². The molecule has 174 valence electrons. The van der Waals surface area contributed by atoms with E-state index < -0.39 is 0 Å². The molecule has 1 aromatic carbocycles. The first-order valence-corrected chi connectivity index (χ1v) is 11.7. The maximum atomic E-state index is 11.1. The van der Waals surface area contributed by atoms with Gasteiger partial charge in [-0.15, -0.1) is 0 Å². The van der Waals surface area contributed by atoms with Gasteiger partial charge in [-0.25, -0.2) is 0 Å². The molecular weight excluding hydrogens is 544 g/mol. The van der Waals surface area contributed by atoms with Gasteiger partial charge in [0.1, 0.15) is 0 Å². The van der Waals surface area contributed by atoms with Crippen LogP contribution in [0.3, 0.4) is 0 Å². The summed E-state index contributed by atoms with van der Waals surface area (Å²) in [5.74, 6) is 0.501. The second kappa shape index (κ2) is 11.4. The third kappa shape index (κ3) is 5.37. The number of amides is 1. The number of allylic oxidation sites excluding steroid dienone is 2. The van der Waals surface area contributed by atoms with Crippen LogP contribution < -0.4 is 0 Å². The average Bonchev–Trinajstić information content (AvgIpc) is 2.88. The van der Waals surface area contributed by atoms with Crippen LogP contribution in [-0.2, 0) is 16.1 Å². The quantitative estimate of drug-likeness (QED) is 0.546. The Bertz CT molecular complexity index is 933. The first kappa shape index (κ1) is 24.8. The Kier molecular flexibility index (Phi) is 8.62. The number of rotatable bonds is 5. The molecule has 0 aliphatic carbocycles. The fourth-order valence-corrected chi connectivity index (χ4v) is 5.32. The second-order valence-corrected chi connectivity index (χ2v) is 8.97. The standard InChI is InChI=1S/C25H31N4O3.Ce/c30-17-19-3-1-4-21(15-19)22-16-25(28-11-13-32-14-12-28)24-6-2-5-23(29(24)26-22)20-7-9-27(18-31)10-8-20;/h1,3-4,6,15-16,20,23,30H,2,5,7-14,17H2;/q-1;. The fourth-order valence-electron chi connectivity index (χ4n) is 5.32. The number of piperidine rings is 1. The Morgan fingerprint density at radius 3 is 2.61 bits per heavy atom. The van der Waals surface area contributed by atoms with Crippen LogP contribution in [0.1, 0.15) is 36.8 Å². The summed E-state index contributed by atoms with van der Waals surface area (Å²) >= 11 is 0. The minimum Gasteiger partial charge on any atom is -0.520 e. The van der Waals surface area contributed by atoms with Crippen LogP contribution in [0.5, 0.6) is 0 Å². The smallest absolute Gasteiger partial charge is 0.0929 e. The van der Waals surface area contributed by atoms with E-state index in [9.17, 15) is 9.90 Å². The number of morpholine rings is 1. The number of hydrogen-bond donors (Lipinski definition) is 1. The van der Waals surface area contributed by atoms with Crippen molar-refractivity contribution in [2.24, 2.45) is 11.0 Å². The van der Waals surface area contributed by atoms with Crippen LogP contribution in [0.4, 0.5) is 0 Å². The topological polar surface area (TPSA) is 68.6 Å². The summed E-state index contributed by atoms with van der Waals surface area (Å²) in [6, 6.07) is 8.34. The summed E-state index contributed by atoms with van der Waals surface area (Å²) in [6.45, 7) is 4.80. The molecule has 1 amide bonds. The number of ether oxygens (including phenoxy) is 1. The van der Waals surface area contributed by atoms with Gasteiger partial charge in [0, 0.05) is 60.4 Å². The van der Waals surface area contributed by atoms with Gasteiger partial charge in [-0.05, 0) is 62.4 Å². The van der Waals surface area contributed by atoms with Gasteiger partial charge in [-0.1, -0.05) is 24.3 Å². The average molecular weight is 576 g/mol. The number of nitrogens with zero attached hydrogens (tertiary/aromatic N) is 4. The number of likely N-dealkylation sites (tertiary alicyclic amines) is 1. The normalized spacial score (nSPS) is 23.7. The predicted octanol–water partition coefficient (Wildman–Crippen LogP) is 2.24. The molecule has 1 aromatic rings. The molecule has 4 heterocycles. The molecule has 0 radical (unpaired) electrons. The summed E-state index contributed by atoms with van der Waals surface area (Å²) in [4.78, 5) is 15.2. The van der Waals surface area contributed by atoms with Gasteiger partial charge in [-0.3, -0.25) is 5.01 Å². The van der Waals surface area contributed by atoms with E-state index in [4.69, 9.17) is 9.84 Å². The predicted molar refractivity (Wildman–Crippen MR) is 122 cm³/mol. The first-order chi connectivity index (χ1) is 15.8. The van der Waals surface area contributed by atoms with E-state index in [0.717, 1.165) is 81.9 Å². The van der Waals surface area contributed by atoms with Crippen molar-refractivity contribution < 1.29 is 56.4 Å². The van der Waals surface area contributed by atoms with Crippen molar-refractivity contribution in [1.29, 1.82) is 0 Å². The number of carbonyl (C=O) groups excluding carboxylic acids is 1. The van der Waals surface area contributed by atoms with E-state index >= 15 is 0 Å². The molecule has 5 rings (SSSR count). The molecule has 0 bridgehead atoms. The van der Waals surface area contributed by atoms with Crippen molar-refractivity contribution in [2.45, 2.75) is 38.3 Å². The van der Waals surface area contributed by atoms with E-state index in [2.05, 4.69) is 34.5 Å². The maximum Gasteiger partial charge on any atom is 0.0929 e. The van der Waals surface area contributed by atoms with Crippen molar-refractivity contribution in [3.05, 3.63) is 58.9 Å². The zero-order chi connectivity index (χ0) is 21.9. The first-order valence-electron chi connectivity index (χ1n) is 11.7. The van der Waals surface area contributed by atoms with Crippen LogP contribution in [0.15, 0.2) is 52.9 Å². The largest absolute Gasteiger partial charge is 0.520 e. The number of aliphatic hydroxyl groups is 1. The van der Waals surface area contributed by atoms with E-state index in [0.29, 0.717) is 12.0 Å². The number of fused-ring (bicyclic) bond motifs is 1. The molecule has 7 nitrogen and oxygen atoms in total. The summed E-state index contributed by atoms with van der Waals surface area (Å²) in [5.41, 5.74) is 5.27. The Morgan fingerprint density at radius 2 is 1.88 bits per heavy atom. The van der Waals surface area contributed by atoms with Gasteiger partial charge in [0.2, 0.25) is 0 Å². The summed E-state index contributed by atoms with van der Waals surface area (Å²) < 4.78 is 5.61. The summed E-state index contributed by atoms with van der Waals surface area (Å²) in [7, 11) is 0. The van der Waals surface area contributed by atoms with Crippen LogP contribution >= 0.6 is 0 Å². The monoisotopic (exact) mass is 575 g/mol. The zero-order valence-electron chi connectivity index (χ0n) is 18.9. The minimum absolute atomic E-state index is 0. The second-order valence-electron chi connectivity index (χ2n) is 8.97. The Morgan fingerprint density at radius 1 is 1.09 bits per heavy atom. The third-order valence-electron chi connectivity index (χ3n) is 7.08. The molecule has 0 saturated carbocycles. The van der Waals surface area contributed by atoms with Crippen molar-refractivity contribution in [2.75, 3.05) is 39.4 Å². The molecule has 33 heavy (non-hydrogen) atoms. The van der Waals surface area contributed by atoms with E-state index in [1.807, 2.05) is 18.2 Å². The van der Waals surface area contributed by atoms with Gasteiger partial charge < -0.3 is 24.4 Å². The van der Waals surface area contributed by atoms with E-state index in [-0.39, 0.29) is 48.4 Å². The van der Waals surface area contributed by atoms with Gasteiger partial charge in [-0.2, -0.15) is 11.5 Å². The van der Waals surface area contributed by atoms with Crippen molar-refractivity contribution in [3.8, 4) is 0 Å². The van der Waals surface area contributed by atoms with Gasteiger partial charge >= 0.3 is 0 Å². The molecule has 1 atom stereocenters. The number of hydrazone groups is 1. The molecule has 0 spiro atoms. The number of hydrogen-bond acceptors (Lipinski definition) is 6. The molecule has 4 aliphatic heterocycles. The van der Waals surface area contributed by atoms with Crippen LogP contribution in [0.2, 0.25) is 0 Å². The SMILES string of the molecule is O=[C-]N1CCC(C2CCC=C3C(N4CCOCC4)=CC(c4cccc(CO)c4)=NN32)CC1.[Ce]. The third-order valence-corrected chi connectivity index (χ3v) is 7.08. The van der Waals surface area contributed by atoms with Gasteiger partial charge in [0.25, 0.3) is 0 Å². The van der Waals surface area contributed by atoms with Gasteiger partial charge in [0.05, 0.1) is 43.0 Å². The molecular formula is C25H31CeN4O3-. The van der Waals surface area contributed by atoms with E-state index in [1.54, 1.807) is 4.90 Å². The van der Waals surface area contributed by atoms with E-state index in [1.165, 1.54) is 11.4 Å². The van der Waals surface area contributed by atoms with Crippen LogP contribution in [0, 0.1) is 47.7 Å². The molecule has 1 unspecified atom stereocenters.